The van der Waals surface area contributed by atoms with Gasteiger partial charge < -0.3 is 4.43 Å². The topological polar surface area (TPSA) is 71.0 Å². The summed E-state index contributed by atoms with van der Waals surface area (Å²) in [4.78, 5) is 27.5. The molecule has 244 valence electrons. The molecule has 0 N–H and O–H groups in total. The van der Waals surface area contributed by atoms with Crippen molar-refractivity contribution < 1.29 is 8.82 Å². The summed E-state index contributed by atoms with van der Waals surface area (Å²) in [6, 6.07) is 31.8. The summed E-state index contributed by atoms with van der Waals surface area (Å²) in [7, 11) is -2.89. The molecule has 48 heavy (non-hydrogen) atoms. The average Bonchev–Trinajstić information content (AvgIpc) is 3.40. The first-order valence-electron chi connectivity index (χ1n) is 16.0. The highest BCUT2D eigenvalue weighted by molar-refractivity contribution is 6.99. The van der Waals surface area contributed by atoms with Crippen LogP contribution in [-0.2, 0) is 17.6 Å². The fourth-order valence-electron chi connectivity index (χ4n) is 6.58. The molecular weight excluding hydrogens is 620 g/mol. The molecule has 0 spiro atoms. The van der Waals surface area contributed by atoms with Gasteiger partial charge in [0.15, 0.2) is 5.82 Å². The highest BCUT2D eigenvalue weighted by atomic mass is 28.4. The van der Waals surface area contributed by atoms with Crippen LogP contribution in [-0.4, -0.2) is 27.2 Å². The molecule has 0 saturated carbocycles. The summed E-state index contributed by atoms with van der Waals surface area (Å²) < 4.78 is 25.6. The highest BCUT2D eigenvalue weighted by Crippen LogP contribution is 2.37. The second kappa shape index (κ2) is 12.8. The lowest BCUT2D eigenvalue weighted by molar-refractivity contribution is 0.270. The SMILES string of the molecule is C=C(C)c1cn(-c2cccc(F)c2)c(=O)c2ccc(-n3nc(CO[Si](c4ccccc4)(c4ccccc4)C(C)(C)C)n(CC)c3=O)cc12. The van der Waals surface area contributed by atoms with Gasteiger partial charge in [-0.1, -0.05) is 94.1 Å². The average molecular weight is 659 g/mol. The van der Waals surface area contributed by atoms with E-state index < -0.39 is 14.1 Å². The van der Waals surface area contributed by atoms with Crippen LogP contribution in [0.25, 0.3) is 27.7 Å². The minimum atomic E-state index is -2.89. The summed E-state index contributed by atoms with van der Waals surface area (Å²) in [6.45, 7) is 15.1. The lowest BCUT2D eigenvalue weighted by Gasteiger charge is -2.42. The van der Waals surface area contributed by atoms with Crippen LogP contribution >= 0.6 is 0 Å². The Morgan fingerprint density at radius 1 is 0.854 bits per heavy atom. The molecule has 0 radical (unpaired) electrons. The molecule has 2 aromatic heterocycles. The number of benzene rings is 4. The smallest absolute Gasteiger partial charge is 0.350 e. The van der Waals surface area contributed by atoms with Crippen molar-refractivity contribution in [2.45, 2.75) is 52.8 Å². The number of hydrogen-bond donors (Lipinski definition) is 0. The molecule has 0 aliphatic rings. The van der Waals surface area contributed by atoms with Crippen LogP contribution in [0, 0.1) is 5.82 Å². The molecule has 4 aromatic carbocycles. The summed E-state index contributed by atoms with van der Waals surface area (Å²) in [5.41, 5.74) is 1.73. The number of allylic oxidation sites excluding steroid dienone is 1. The summed E-state index contributed by atoms with van der Waals surface area (Å²) >= 11 is 0. The Morgan fingerprint density at radius 2 is 1.50 bits per heavy atom. The number of pyridine rings is 1. The summed E-state index contributed by atoms with van der Waals surface area (Å²) in [6.07, 6.45) is 1.67. The van der Waals surface area contributed by atoms with Gasteiger partial charge in [0, 0.05) is 23.7 Å². The van der Waals surface area contributed by atoms with E-state index in [0.717, 1.165) is 10.4 Å². The Kier molecular flexibility index (Phi) is 8.76. The Bertz CT molecular complexity index is 2210. The van der Waals surface area contributed by atoms with Crippen molar-refractivity contribution in [1.29, 1.82) is 0 Å². The van der Waals surface area contributed by atoms with E-state index in [4.69, 9.17) is 9.52 Å². The maximum atomic E-state index is 14.1. The molecule has 0 fully saturated rings. The van der Waals surface area contributed by atoms with Gasteiger partial charge in [0.25, 0.3) is 13.9 Å². The van der Waals surface area contributed by atoms with Crippen molar-refractivity contribution in [3.8, 4) is 11.4 Å². The molecule has 0 unspecified atom stereocenters. The number of aromatic nitrogens is 4. The predicted molar refractivity (Wildman–Crippen MR) is 194 cm³/mol. The van der Waals surface area contributed by atoms with Crippen LogP contribution in [0.3, 0.4) is 0 Å². The molecule has 0 aliphatic carbocycles. The normalized spacial score (nSPS) is 12.0. The molecule has 0 aliphatic heterocycles. The fraction of sp³-hybridized carbons (Fsp3) is 0.205. The Balaban J connectivity index is 1.46. The van der Waals surface area contributed by atoms with E-state index >= 15 is 0 Å². The first-order valence-corrected chi connectivity index (χ1v) is 17.9. The molecule has 9 heteroatoms. The maximum Gasteiger partial charge on any atom is 0.350 e. The lowest BCUT2D eigenvalue weighted by atomic mass is 10.0. The number of halogens is 1. The van der Waals surface area contributed by atoms with Crippen LogP contribution in [0.1, 0.15) is 46.0 Å². The zero-order valence-corrected chi connectivity index (χ0v) is 28.9. The second-order valence-electron chi connectivity index (χ2n) is 13.0. The van der Waals surface area contributed by atoms with Crippen LogP contribution < -0.4 is 21.6 Å². The predicted octanol–water partition coefficient (Wildman–Crippen LogP) is 6.61. The molecule has 6 aromatic rings. The van der Waals surface area contributed by atoms with Gasteiger partial charge in [0.05, 0.1) is 18.0 Å². The standard InChI is InChI=1S/C39H39FN4O3Si/c1-7-42-36(26-47-48(39(4,5)6,31-17-10-8-11-18-31)32-19-12-9-13-20-32)41-44(38(42)46)30-21-22-33-34(24-30)35(27(2)3)25-43(37(33)45)29-16-14-15-28(40)23-29/h8-25H,2,7,26H2,1,3-6H3. The van der Waals surface area contributed by atoms with Crippen molar-refractivity contribution in [2.24, 2.45) is 0 Å². The van der Waals surface area contributed by atoms with Crippen LogP contribution in [0.4, 0.5) is 4.39 Å². The van der Waals surface area contributed by atoms with E-state index in [2.05, 4.69) is 51.6 Å². The lowest BCUT2D eigenvalue weighted by Crippen LogP contribution is -2.66. The molecular formula is C39H39FN4O3Si. The Hall–Kier alpha value is -5.12. The van der Waals surface area contributed by atoms with E-state index in [9.17, 15) is 14.0 Å². The van der Waals surface area contributed by atoms with Crippen molar-refractivity contribution in [3.05, 3.63) is 154 Å². The molecule has 0 saturated heterocycles. The number of fused-ring (bicyclic) bond motifs is 1. The Labute approximate surface area is 280 Å². The van der Waals surface area contributed by atoms with Crippen LogP contribution in [0.15, 0.2) is 125 Å². The molecule has 2 heterocycles. The van der Waals surface area contributed by atoms with E-state index in [0.29, 0.717) is 45.7 Å². The highest BCUT2D eigenvalue weighted by Gasteiger charge is 2.50. The zero-order valence-electron chi connectivity index (χ0n) is 27.9. The monoisotopic (exact) mass is 658 g/mol. The zero-order chi connectivity index (χ0) is 34.2. The van der Waals surface area contributed by atoms with E-state index in [1.54, 1.807) is 41.1 Å². The second-order valence-corrected chi connectivity index (χ2v) is 17.3. The van der Waals surface area contributed by atoms with Gasteiger partial charge in [0.2, 0.25) is 0 Å². The van der Waals surface area contributed by atoms with Crippen molar-refractivity contribution >= 4 is 35.0 Å². The van der Waals surface area contributed by atoms with Gasteiger partial charge in [-0.2, -0.15) is 4.68 Å². The minimum Gasteiger partial charge on any atom is -0.400 e. The fourth-order valence-corrected chi connectivity index (χ4v) is 11.1. The molecule has 0 amide bonds. The van der Waals surface area contributed by atoms with Gasteiger partial charge in [0.1, 0.15) is 5.82 Å². The number of rotatable bonds is 9. The quantitative estimate of drug-likeness (QED) is 0.164. The van der Waals surface area contributed by atoms with Crippen molar-refractivity contribution in [2.75, 3.05) is 0 Å². The van der Waals surface area contributed by atoms with E-state index in [1.807, 2.05) is 50.2 Å². The van der Waals surface area contributed by atoms with Crippen molar-refractivity contribution in [1.82, 2.24) is 18.9 Å². The van der Waals surface area contributed by atoms with Gasteiger partial charge in [-0.25, -0.2) is 9.18 Å². The maximum absolute atomic E-state index is 14.1. The van der Waals surface area contributed by atoms with Crippen molar-refractivity contribution in [3.63, 3.8) is 0 Å². The summed E-state index contributed by atoms with van der Waals surface area (Å²) in [5.74, 6) is 0.0737. The van der Waals surface area contributed by atoms with E-state index in [-0.39, 0.29) is 22.9 Å². The molecule has 7 nitrogen and oxygen atoms in total. The summed E-state index contributed by atoms with van der Waals surface area (Å²) in [5, 5.41) is 7.89. The van der Waals surface area contributed by atoms with Gasteiger partial charge >= 0.3 is 5.69 Å². The molecule has 0 atom stereocenters. The first-order chi connectivity index (χ1) is 23.0. The number of nitrogens with zero attached hydrogens (tertiary/aromatic N) is 4. The first kappa shape index (κ1) is 32.8. The van der Waals surface area contributed by atoms with Gasteiger partial charge in [-0.3, -0.25) is 13.9 Å². The third-order valence-corrected chi connectivity index (χ3v) is 13.9. The minimum absolute atomic E-state index is 0.131. The van der Waals surface area contributed by atoms with Crippen LogP contribution in [0.2, 0.25) is 5.04 Å². The third kappa shape index (κ3) is 5.69. The number of hydrogen-bond acceptors (Lipinski definition) is 4. The third-order valence-electron chi connectivity index (χ3n) is 8.88. The van der Waals surface area contributed by atoms with Crippen LogP contribution in [0.5, 0.6) is 0 Å². The van der Waals surface area contributed by atoms with Gasteiger partial charge in [-0.05, 0) is 76.6 Å². The largest absolute Gasteiger partial charge is 0.400 e. The van der Waals surface area contributed by atoms with E-state index in [1.165, 1.54) is 21.4 Å². The molecule has 0 bridgehead atoms. The van der Waals surface area contributed by atoms with Gasteiger partial charge in [-0.15, -0.1) is 5.10 Å². The molecule has 6 rings (SSSR count). The Morgan fingerprint density at radius 3 is 2.06 bits per heavy atom.